The number of nitrogens with zero attached hydrogens (tertiary/aromatic N) is 2. The van der Waals surface area contributed by atoms with E-state index in [1.807, 2.05) is 84.9 Å². The predicted molar refractivity (Wildman–Crippen MR) is 234 cm³/mol. The van der Waals surface area contributed by atoms with Crippen molar-refractivity contribution < 1.29 is 29.0 Å². The largest absolute Gasteiger partial charge is 0.497 e. The minimum absolute atomic E-state index is 0.0519. The number of nitrogen functional groups attached to an aromatic ring is 1. The van der Waals surface area contributed by atoms with E-state index in [9.17, 15) is 14.7 Å². The third kappa shape index (κ3) is 7.94. The van der Waals surface area contributed by atoms with Gasteiger partial charge in [0.25, 0.3) is 11.8 Å². The molecule has 58 heavy (non-hydrogen) atoms. The third-order valence-electron chi connectivity index (χ3n) is 11.8. The topological polar surface area (TPSA) is 134 Å². The second kappa shape index (κ2) is 16.9. The van der Waals surface area contributed by atoms with Crippen molar-refractivity contribution in [3.8, 4) is 5.75 Å². The number of hydrogen-bond donors (Lipinski definition) is 3. The number of benzene rings is 5. The number of aliphatic hydroxyl groups excluding tert-OH is 1. The lowest BCUT2D eigenvalue weighted by molar-refractivity contribution is -0.150. The smallest absolute Gasteiger partial charge is 0.264 e. The predicted octanol–water partition coefficient (Wildman–Crippen LogP) is 7.47. The Kier molecular flexibility index (Phi) is 11.9. The lowest BCUT2D eigenvalue weighted by Gasteiger charge is -2.37. The van der Waals surface area contributed by atoms with E-state index in [4.69, 9.17) is 15.2 Å². The van der Waals surface area contributed by atoms with Gasteiger partial charge in [-0.15, -0.1) is 0 Å². The van der Waals surface area contributed by atoms with Crippen LogP contribution in [0.15, 0.2) is 126 Å². The van der Waals surface area contributed by atoms with Gasteiger partial charge in [0.2, 0.25) is 5.91 Å². The molecule has 4 N–H and O–H groups in total. The number of methoxy groups -OCH3 is 1. The Labute approximate surface area is 349 Å². The summed E-state index contributed by atoms with van der Waals surface area (Å²) in [4.78, 5) is 46.0. The highest BCUT2D eigenvalue weighted by atomic mass is 79.9. The molecule has 2 aliphatic rings. The van der Waals surface area contributed by atoms with E-state index in [0.717, 1.165) is 32.6 Å². The molecule has 3 amide bonds. The van der Waals surface area contributed by atoms with Gasteiger partial charge in [0.05, 0.1) is 46.5 Å². The van der Waals surface area contributed by atoms with Crippen molar-refractivity contribution in [2.24, 2.45) is 5.92 Å². The Morgan fingerprint density at radius 1 is 0.948 bits per heavy atom. The number of nitrogens with two attached hydrogens (primary N) is 1. The molecule has 0 unspecified atom stereocenters. The molecular weight excluding hydrogens is 813 g/mol. The first-order valence-corrected chi connectivity index (χ1v) is 23.4. The van der Waals surface area contributed by atoms with Crippen molar-refractivity contribution in [3.63, 3.8) is 0 Å². The van der Waals surface area contributed by atoms with Gasteiger partial charge in [-0.05, 0) is 83.4 Å². The number of rotatable bonds is 13. The minimum Gasteiger partial charge on any atom is -0.497 e. The SMILES string of the molecule is COc1ccc([Si](C)(C)[C@@H]2[C@@H](CC(=O)N(CCO)Cc3ccccc3)O[C@]3(C(=O)N(Cc4ccc(NC(=O)c5ccc(N)cc5)cc4)c4ccc(Br)cc43)[C@H]2C)cc1. The lowest BCUT2D eigenvalue weighted by atomic mass is 9.82. The molecule has 5 aromatic carbocycles. The Morgan fingerprint density at radius 3 is 2.29 bits per heavy atom. The number of nitrogens with one attached hydrogen (secondary N) is 1. The molecule has 0 radical (unpaired) electrons. The molecule has 0 aromatic heterocycles. The first-order valence-electron chi connectivity index (χ1n) is 19.5. The zero-order chi connectivity index (χ0) is 41.2. The van der Waals surface area contributed by atoms with Crippen LogP contribution in [0.2, 0.25) is 18.6 Å². The molecule has 1 saturated heterocycles. The van der Waals surface area contributed by atoms with Gasteiger partial charge in [0, 0.05) is 46.0 Å². The van der Waals surface area contributed by atoms with Crippen LogP contribution in [-0.2, 0) is 33.0 Å². The van der Waals surface area contributed by atoms with E-state index in [1.165, 1.54) is 5.19 Å². The first kappa shape index (κ1) is 40.9. The average Bonchev–Trinajstić information content (AvgIpc) is 3.64. The Balaban J connectivity index is 1.22. The minimum atomic E-state index is -2.53. The van der Waals surface area contributed by atoms with E-state index in [-0.39, 0.29) is 55.3 Å². The number of hydrogen-bond acceptors (Lipinski definition) is 7. The van der Waals surface area contributed by atoms with Crippen LogP contribution in [-0.4, -0.2) is 62.2 Å². The molecule has 1 spiro atoms. The van der Waals surface area contributed by atoms with Gasteiger partial charge in [-0.1, -0.05) is 95.7 Å². The summed E-state index contributed by atoms with van der Waals surface area (Å²) in [6.07, 6.45) is -0.543. The molecule has 0 aliphatic carbocycles. The highest BCUT2D eigenvalue weighted by Gasteiger charge is 2.66. The average molecular weight is 862 g/mol. The van der Waals surface area contributed by atoms with E-state index >= 15 is 4.79 Å². The molecule has 300 valence electrons. The number of carbonyl (C=O) groups is 3. The molecule has 7 rings (SSSR count). The van der Waals surface area contributed by atoms with Crippen molar-refractivity contribution >= 4 is 64.0 Å². The van der Waals surface area contributed by atoms with Gasteiger partial charge in [-0.3, -0.25) is 14.4 Å². The summed E-state index contributed by atoms with van der Waals surface area (Å²) in [5.74, 6) is -0.127. The fourth-order valence-electron chi connectivity index (χ4n) is 8.87. The molecule has 12 heteroatoms. The van der Waals surface area contributed by atoms with Crippen molar-refractivity contribution in [2.45, 2.75) is 56.8 Å². The monoisotopic (exact) mass is 860 g/mol. The molecule has 0 saturated carbocycles. The summed E-state index contributed by atoms with van der Waals surface area (Å²) >= 11 is 3.68. The van der Waals surface area contributed by atoms with Crippen LogP contribution in [0.5, 0.6) is 5.75 Å². The van der Waals surface area contributed by atoms with E-state index in [2.05, 4.69) is 53.4 Å². The number of halogens is 1. The van der Waals surface area contributed by atoms with Crippen LogP contribution >= 0.6 is 15.9 Å². The molecule has 2 heterocycles. The normalized spacial score (nSPS) is 19.9. The number of carbonyl (C=O) groups excluding carboxylic acids is 3. The zero-order valence-electron chi connectivity index (χ0n) is 33.2. The summed E-state index contributed by atoms with van der Waals surface area (Å²) in [6, 6.07) is 37.9. The standard InChI is InChI=1S/C46H49BrN4O6Si/c1-30-43(58(3,4)38-21-19-37(56-2)20-22-38)41(27-42(53)50(24-25-52)28-31-8-6-5-7-9-31)57-46(30)39-26-34(47)14-23-40(39)51(45(46)55)29-32-10-17-36(18-11-32)49-44(54)33-12-15-35(48)16-13-33/h5-23,26,30,41,43,52H,24-25,27-29,48H2,1-4H3,(H,49,54)/t30-,41+,43-,46+/m0/s1. The van der Waals surface area contributed by atoms with Gasteiger partial charge < -0.3 is 35.4 Å². The van der Waals surface area contributed by atoms with Crippen LogP contribution in [0.3, 0.4) is 0 Å². The zero-order valence-corrected chi connectivity index (χ0v) is 35.7. The van der Waals surface area contributed by atoms with Crippen molar-refractivity contribution in [2.75, 3.05) is 36.2 Å². The molecular formula is C46H49BrN4O6Si. The summed E-state index contributed by atoms with van der Waals surface area (Å²) in [5.41, 5.74) is 9.32. The summed E-state index contributed by atoms with van der Waals surface area (Å²) < 4.78 is 13.5. The van der Waals surface area contributed by atoms with Gasteiger partial charge in [0.1, 0.15) is 5.75 Å². The fourth-order valence-corrected chi connectivity index (χ4v) is 13.2. The van der Waals surface area contributed by atoms with Gasteiger partial charge in [0.15, 0.2) is 5.60 Å². The van der Waals surface area contributed by atoms with Crippen molar-refractivity contribution in [1.82, 2.24) is 4.90 Å². The quantitative estimate of drug-likeness (QED) is 0.0827. The summed E-state index contributed by atoms with van der Waals surface area (Å²) in [6.45, 7) is 7.31. The highest BCUT2D eigenvalue weighted by Crippen LogP contribution is 2.60. The van der Waals surface area contributed by atoms with Crippen LogP contribution in [0, 0.1) is 5.92 Å². The number of amides is 3. The first-order chi connectivity index (χ1) is 27.8. The van der Waals surface area contributed by atoms with Crippen LogP contribution in [0.25, 0.3) is 0 Å². The maximum absolute atomic E-state index is 15.3. The Bertz CT molecular complexity index is 2270. The second-order valence-electron chi connectivity index (χ2n) is 15.7. The maximum atomic E-state index is 15.3. The van der Waals surface area contributed by atoms with Crippen molar-refractivity contribution in [1.29, 1.82) is 0 Å². The summed E-state index contributed by atoms with van der Waals surface area (Å²) in [7, 11) is -0.883. The Hall–Kier alpha value is -5.27. The maximum Gasteiger partial charge on any atom is 0.264 e. The number of anilines is 3. The second-order valence-corrected chi connectivity index (χ2v) is 21.3. The molecule has 10 nitrogen and oxygen atoms in total. The van der Waals surface area contributed by atoms with E-state index < -0.39 is 19.8 Å². The van der Waals surface area contributed by atoms with Crippen molar-refractivity contribution in [3.05, 3.63) is 148 Å². The molecule has 2 aliphatic heterocycles. The van der Waals surface area contributed by atoms with Gasteiger partial charge in [-0.2, -0.15) is 0 Å². The number of fused-ring (bicyclic) bond motifs is 2. The van der Waals surface area contributed by atoms with E-state index in [0.29, 0.717) is 23.5 Å². The highest BCUT2D eigenvalue weighted by molar-refractivity contribution is 9.10. The van der Waals surface area contributed by atoms with Crippen LogP contribution in [0.1, 0.15) is 40.4 Å². The van der Waals surface area contributed by atoms with Crippen LogP contribution < -0.4 is 25.9 Å². The molecule has 0 bridgehead atoms. The summed E-state index contributed by atoms with van der Waals surface area (Å²) in [5, 5.41) is 14.1. The lowest BCUT2D eigenvalue weighted by Crippen LogP contribution is -2.52. The fraction of sp³-hybridized carbons (Fsp3) is 0.283. The van der Waals surface area contributed by atoms with E-state index in [1.54, 1.807) is 41.2 Å². The van der Waals surface area contributed by atoms with Crippen LogP contribution in [0.4, 0.5) is 17.1 Å². The van der Waals surface area contributed by atoms with Gasteiger partial charge >= 0.3 is 0 Å². The molecule has 4 atom stereocenters. The van der Waals surface area contributed by atoms with Gasteiger partial charge in [-0.25, -0.2) is 0 Å². The molecule has 5 aromatic rings. The number of ether oxygens (including phenoxy) is 2. The molecule has 1 fully saturated rings. The number of aliphatic hydroxyl groups is 1. The Morgan fingerprint density at radius 2 is 1.64 bits per heavy atom. The third-order valence-corrected chi connectivity index (χ3v) is 16.7.